The molecule has 4 rings (SSSR count). The first-order valence-electron chi connectivity index (χ1n) is 9.62. The summed E-state index contributed by atoms with van der Waals surface area (Å²) in [5.41, 5.74) is 0.648. The van der Waals surface area contributed by atoms with E-state index in [9.17, 15) is 8.42 Å². The third-order valence-corrected chi connectivity index (χ3v) is 6.55. The van der Waals surface area contributed by atoms with Gasteiger partial charge in [-0.05, 0) is 40.6 Å². The van der Waals surface area contributed by atoms with Gasteiger partial charge in [-0.15, -0.1) is 0 Å². The number of fused-ring (bicyclic) bond motifs is 1. The Morgan fingerprint density at radius 3 is 2.23 bits per heavy atom. The Bertz CT molecular complexity index is 1310. The van der Waals surface area contributed by atoms with Gasteiger partial charge in [0.15, 0.2) is 0 Å². The summed E-state index contributed by atoms with van der Waals surface area (Å²) >= 11 is 0. The second-order valence-electron chi connectivity index (χ2n) is 7.11. The average Bonchev–Trinajstić information content (AvgIpc) is 3.22. The van der Waals surface area contributed by atoms with Gasteiger partial charge in [0.05, 0.1) is 19.1 Å². The maximum Gasteiger partial charge on any atom is 0.241 e. The summed E-state index contributed by atoms with van der Waals surface area (Å²) in [5.74, 6) is 1.65. The van der Waals surface area contributed by atoms with E-state index in [0.29, 0.717) is 22.9 Å². The zero-order valence-corrected chi connectivity index (χ0v) is 18.3. The Morgan fingerprint density at radius 2 is 1.61 bits per heavy atom. The summed E-state index contributed by atoms with van der Waals surface area (Å²) in [4.78, 5) is 4.57. The number of methoxy groups -OCH3 is 2. The Labute approximate surface area is 181 Å². The lowest BCUT2D eigenvalue weighted by Crippen LogP contribution is -2.31. The molecule has 8 heteroatoms. The number of hydrogen-bond acceptors (Lipinski definition) is 5. The molecule has 0 aliphatic rings. The average molecular weight is 438 g/mol. The fourth-order valence-corrected chi connectivity index (χ4v) is 4.70. The van der Waals surface area contributed by atoms with Crippen LogP contribution in [0.1, 0.15) is 17.4 Å². The molecule has 1 aromatic heterocycles. The molecule has 1 heterocycles. The molecule has 0 aliphatic heterocycles. The van der Waals surface area contributed by atoms with Crippen molar-refractivity contribution in [3.05, 3.63) is 84.4 Å². The molecule has 0 saturated carbocycles. The minimum absolute atomic E-state index is 0.181. The lowest BCUT2D eigenvalue weighted by Gasteiger charge is -2.20. The van der Waals surface area contributed by atoms with Crippen LogP contribution in [0.25, 0.3) is 10.8 Å². The fraction of sp³-hybridized carbons (Fsp3) is 0.174. The first kappa shape index (κ1) is 20.9. The van der Waals surface area contributed by atoms with E-state index in [2.05, 4.69) is 9.71 Å². The number of sulfonamides is 1. The number of aromatic nitrogens is 2. The van der Waals surface area contributed by atoms with Crippen LogP contribution in [0.3, 0.4) is 0 Å². The summed E-state index contributed by atoms with van der Waals surface area (Å²) in [6.45, 7) is 0. The van der Waals surface area contributed by atoms with E-state index in [0.717, 1.165) is 10.8 Å². The Kier molecular flexibility index (Phi) is 5.67. The molecule has 7 nitrogen and oxygen atoms in total. The molecule has 0 unspecified atom stereocenters. The van der Waals surface area contributed by atoms with Gasteiger partial charge in [-0.3, -0.25) is 0 Å². The minimum Gasteiger partial charge on any atom is -0.497 e. The smallest absolute Gasteiger partial charge is 0.241 e. The van der Waals surface area contributed by atoms with Crippen LogP contribution in [0.5, 0.6) is 11.5 Å². The van der Waals surface area contributed by atoms with Crippen molar-refractivity contribution < 1.29 is 17.9 Å². The minimum atomic E-state index is -3.87. The Hall–Kier alpha value is -3.36. The molecule has 0 radical (unpaired) electrons. The summed E-state index contributed by atoms with van der Waals surface area (Å²) < 4.78 is 42.1. The first-order valence-corrected chi connectivity index (χ1v) is 11.1. The summed E-state index contributed by atoms with van der Waals surface area (Å²) in [7, 11) is 1.05. The zero-order chi connectivity index (χ0) is 22.0. The van der Waals surface area contributed by atoms with Crippen LogP contribution in [-0.4, -0.2) is 32.2 Å². The zero-order valence-electron chi connectivity index (χ0n) is 17.4. The largest absolute Gasteiger partial charge is 0.497 e. The SMILES string of the molecule is COc1cc(OC)cc([C@H](NS(=O)(=O)c2ccc3ccccc3c2)c2nccn2C)c1. The van der Waals surface area contributed by atoms with Gasteiger partial charge in [-0.25, -0.2) is 13.4 Å². The fourth-order valence-electron chi connectivity index (χ4n) is 3.48. The highest BCUT2D eigenvalue weighted by atomic mass is 32.2. The quantitative estimate of drug-likeness (QED) is 0.477. The van der Waals surface area contributed by atoms with Crippen molar-refractivity contribution in [2.75, 3.05) is 14.2 Å². The molecule has 3 aromatic carbocycles. The van der Waals surface area contributed by atoms with Crippen LogP contribution in [-0.2, 0) is 17.1 Å². The van der Waals surface area contributed by atoms with Crippen LogP contribution in [0, 0.1) is 0 Å². The number of aryl methyl sites for hydroxylation is 1. The van der Waals surface area contributed by atoms with Gasteiger partial charge in [0, 0.05) is 25.5 Å². The van der Waals surface area contributed by atoms with Gasteiger partial charge in [0.2, 0.25) is 10.0 Å². The molecule has 4 aromatic rings. The van der Waals surface area contributed by atoms with Crippen LogP contribution in [0.15, 0.2) is 78.0 Å². The molecule has 0 spiro atoms. The molecule has 1 atom stereocenters. The van der Waals surface area contributed by atoms with E-state index in [4.69, 9.17) is 9.47 Å². The van der Waals surface area contributed by atoms with Gasteiger partial charge in [0.1, 0.15) is 23.4 Å². The maximum atomic E-state index is 13.4. The topological polar surface area (TPSA) is 82.4 Å². The number of rotatable bonds is 7. The third kappa shape index (κ3) is 4.26. The molecule has 1 N–H and O–H groups in total. The first-order chi connectivity index (χ1) is 14.9. The predicted molar refractivity (Wildman–Crippen MR) is 119 cm³/mol. The second kappa shape index (κ2) is 8.41. The maximum absolute atomic E-state index is 13.4. The van der Waals surface area contributed by atoms with E-state index in [1.807, 2.05) is 31.3 Å². The summed E-state index contributed by atoms with van der Waals surface area (Å²) in [6, 6.07) is 17.2. The highest BCUT2D eigenvalue weighted by molar-refractivity contribution is 7.89. The number of nitrogens with one attached hydrogen (secondary N) is 1. The molecular weight excluding hydrogens is 414 g/mol. The monoisotopic (exact) mass is 437 g/mol. The van der Waals surface area contributed by atoms with Crippen LogP contribution >= 0.6 is 0 Å². The van der Waals surface area contributed by atoms with Gasteiger partial charge < -0.3 is 14.0 Å². The highest BCUT2D eigenvalue weighted by Crippen LogP contribution is 2.31. The van der Waals surface area contributed by atoms with Crippen LogP contribution in [0.4, 0.5) is 0 Å². The summed E-state index contributed by atoms with van der Waals surface area (Å²) in [5, 5.41) is 1.82. The molecule has 0 fully saturated rings. The van der Waals surface area contributed by atoms with E-state index in [1.54, 1.807) is 67.6 Å². The van der Waals surface area contributed by atoms with E-state index in [1.165, 1.54) is 0 Å². The van der Waals surface area contributed by atoms with Crippen molar-refractivity contribution in [3.63, 3.8) is 0 Å². The van der Waals surface area contributed by atoms with Crippen molar-refractivity contribution in [1.82, 2.24) is 14.3 Å². The molecule has 160 valence electrons. The Morgan fingerprint density at radius 1 is 0.935 bits per heavy atom. The van der Waals surface area contributed by atoms with Crippen molar-refractivity contribution in [3.8, 4) is 11.5 Å². The molecule has 0 amide bonds. The Balaban J connectivity index is 1.80. The number of benzene rings is 3. The molecule has 0 saturated heterocycles. The molecule has 31 heavy (non-hydrogen) atoms. The van der Waals surface area contributed by atoms with Crippen LogP contribution in [0.2, 0.25) is 0 Å². The van der Waals surface area contributed by atoms with Gasteiger partial charge in [-0.2, -0.15) is 4.72 Å². The lowest BCUT2D eigenvalue weighted by atomic mass is 10.1. The van der Waals surface area contributed by atoms with Crippen LogP contribution < -0.4 is 14.2 Å². The van der Waals surface area contributed by atoms with E-state index < -0.39 is 16.1 Å². The highest BCUT2D eigenvalue weighted by Gasteiger charge is 2.27. The predicted octanol–water partition coefficient (Wildman–Crippen LogP) is 3.66. The summed E-state index contributed by atoms with van der Waals surface area (Å²) in [6.07, 6.45) is 3.40. The third-order valence-electron chi connectivity index (χ3n) is 5.13. The normalized spacial score (nSPS) is 12.6. The molecule has 0 bridgehead atoms. The molecule has 0 aliphatic carbocycles. The number of nitrogens with zero attached hydrogens (tertiary/aromatic N) is 2. The number of imidazole rings is 1. The van der Waals surface area contributed by atoms with Crippen molar-refractivity contribution in [2.24, 2.45) is 7.05 Å². The second-order valence-corrected chi connectivity index (χ2v) is 8.82. The molecular formula is C23H23N3O4S. The van der Waals surface area contributed by atoms with E-state index >= 15 is 0 Å². The van der Waals surface area contributed by atoms with Crippen molar-refractivity contribution in [2.45, 2.75) is 10.9 Å². The standard InChI is InChI=1S/C23H23N3O4S/c1-26-11-10-24-23(26)22(18-12-19(29-2)15-20(13-18)30-3)25-31(27,28)21-9-8-16-6-4-5-7-17(16)14-21/h4-15,22,25H,1-3H3/t22-/m0/s1. The van der Waals surface area contributed by atoms with Crippen molar-refractivity contribution in [1.29, 1.82) is 0 Å². The lowest BCUT2D eigenvalue weighted by molar-refractivity contribution is 0.392. The van der Waals surface area contributed by atoms with Gasteiger partial charge >= 0.3 is 0 Å². The van der Waals surface area contributed by atoms with Gasteiger partial charge in [-0.1, -0.05) is 30.3 Å². The van der Waals surface area contributed by atoms with Gasteiger partial charge in [0.25, 0.3) is 0 Å². The number of hydrogen-bond donors (Lipinski definition) is 1. The van der Waals surface area contributed by atoms with Crippen molar-refractivity contribution >= 4 is 20.8 Å². The van der Waals surface area contributed by atoms with E-state index in [-0.39, 0.29) is 4.90 Å². The number of ether oxygens (including phenoxy) is 2.